The number of imidazole rings is 1. The van der Waals surface area contributed by atoms with E-state index in [0.717, 1.165) is 15.7 Å². The highest BCUT2D eigenvalue weighted by atomic mass is 35.5. The molecule has 8 nitrogen and oxygen atoms in total. The Morgan fingerprint density at radius 2 is 1.66 bits per heavy atom. The summed E-state index contributed by atoms with van der Waals surface area (Å²) in [6.07, 6.45) is 1.61. The summed E-state index contributed by atoms with van der Waals surface area (Å²) in [7, 11) is 2.98. The van der Waals surface area contributed by atoms with Crippen molar-refractivity contribution >= 4 is 28.7 Å². The SMILES string of the molecule is Cn1c(=O)c2c(ncn2CCC(=O)N[C@H](c2ccccc2)c2ccc(Cl)cc2)n(C)c1=O. The molecular weight excluding hydrogens is 430 g/mol. The molecule has 32 heavy (non-hydrogen) atoms. The molecule has 0 saturated carbocycles. The standard InChI is InChI=1S/C23H22ClN5O3/c1-27-21-20(22(31)28(2)23(27)32)29(14-25-21)13-12-18(30)26-19(15-6-4-3-5-7-15)16-8-10-17(24)11-9-16/h3-11,14,19H,12-13H2,1-2H3,(H,26,30)/t19-/m1/s1. The molecular formula is C23H22ClN5O3. The lowest BCUT2D eigenvalue weighted by molar-refractivity contribution is -0.121. The number of benzene rings is 2. The number of fused-ring (bicyclic) bond motifs is 1. The molecule has 0 radical (unpaired) electrons. The summed E-state index contributed by atoms with van der Waals surface area (Å²) in [4.78, 5) is 41.7. The van der Waals surface area contributed by atoms with Crippen molar-refractivity contribution in [3.05, 3.63) is 97.9 Å². The molecule has 0 aliphatic carbocycles. The fourth-order valence-electron chi connectivity index (χ4n) is 3.68. The molecule has 4 rings (SSSR count). The van der Waals surface area contributed by atoms with Crippen molar-refractivity contribution in [1.82, 2.24) is 24.0 Å². The van der Waals surface area contributed by atoms with Gasteiger partial charge in [0.1, 0.15) is 0 Å². The maximum Gasteiger partial charge on any atom is 0.332 e. The lowest BCUT2D eigenvalue weighted by Gasteiger charge is -2.20. The molecule has 1 N–H and O–H groups in total. The number of carbonyl (C=O) groups excluding carboxylic acids is 1. The first-order valence-corrected chi connectivity index (χ1v) is 10.4. The topological polar surface area (TPSA) is 90.9 Å². The van der Waals surface area contributed by atoms with Gasteiger partial charge in [0.05, 0.1) is 12.4 Å². The third-order valence-electron chi connectivity index (χ3n) is 5.44. The summed E-state index contributed by atoms with van der Waals surface area (Å²) in [5.74, 6) is -0.183. The Labute approximate surface area is 188 Å². The molecule has 0 aliphatic heterocycles. The smallest absolute Gasteiger partial charge is 0.332 e. The fourth-order valence-corrected chi connectivity index (χ4v) is 3.81. The van der Waals surface area contributed by atoms with Crippen LogP contribution < -0.4 is 16.6 Å². The average molecular weight is 452 g/mol. The van der Waals surface area contributed by atoms with E-state index in [0.29, 0.717) is 16.2 Å². The van der Waals surface area contributed by atoms with Gasteiger partial charge in [-0.05, 0) is 23.3 Å². The number of nitrogens with one attached hydrogen (secondary N) is 1. The van der Waals surface area contributed by atoms with Gasteiger partial charge in [0.25, 0.3) is 5.56 Å². The number of halogens is 1. The van der Waals surface area contributed by atoms with Crippen molar-refractivity contribution < 1.29 is 4.79 Å². The molecule has 0 fully saturated rings. The van der Waals surface area contributed by atoms with Gasteiger partial charge in [-0.25, -0.2) is 9.78 Å². The monoisotopic (exact) mass is 451 g/mol. The van der Waals surface area contributed by atoms with Crippen LogP contribution in [0, 0.1) is 0 Å². The molecule has 1 atom stereocenters. The van der Waals surface area contributed by atoms with Gasteiger partial charge in [0.2, 0.25) is 5.91 Å². The second-order valence-electron chi connectivity index (χ2n) is 7.53. The number of aryl methyl sites for hydroxylation is 2. The molecule has 0 spiro atoms. The average Bonchev–Trinajstić information content (AvgIpc) is 3.24. The van der Waals surface area contributed by atoms with Crippen LogP contribution in [0.4, 0.5) is 0 Å². The molecule has 164 valence electrons. The van der Waals surface area contributed by atoms with E-state index in [9.17, 15) is 14.4 Å². The van der Waals surface area contributed by atoms with E-state index in [1.54, 1.807) is 23.7 Å². The summed E-state index contributed by atoms with van der Waals surface area (Å²) >= 11 is 6.02. The van der Waals surface area contributed by atoms with Crippen LogP contribution in [0.2, 0.25) is 5.02 Å². The van der Waals surface area contributed by atoms with Crippen LogP contribution in [0.5, 0.6) is 0 Å². The molecule has 9 heteroatoms. The zero-order valence-electron chi connectivity index (χ0n) is 17.7. The van der Waals surface area contributed by atoms with Crippen LogP contribution in [0.1, 0.15) is 23.6 Å². The second-order valence-corrected chi connectivity index (χ2v) is 7.97. The number of nitrogens with zero attached hydrogens (tertiary/aromatic N) is 4. The Balaban J connectivity index is 1.57. The van der Waals surface area contributed by atoms with Crippen LogP contribution in [0.15, 0.2) is 70.5 Å². The summed E-state index contributed by atoms with van der Waals surface area (Å²) in [6.45, 7) is 0.248. The number of hydrogen-bond acceptors (Lipinski definition) is 4. The Bertz CT molecular complexity index is 1390. The zero-order valence-corrected chi connectivity index (χ0v) is 18.4. The Morgan fingerprint density at radius 3 is 2.34 bits per heavy atom. The third kappa shape index (κ3) is 4.09. The number of rotatable bonds is 6. The van der Waals surface area contributed by atoms with Crippen molar-refractivity contribution in [2.24, 2.45) is 14.1 Å². The number of hydrogen-bond donors (Lipinski definition) is 1. The van der Waals surface area contributed by atoms with Gasteiger partial charge in [-0.1, -0.05) is 54.1 Å². The normalized spacial score (nSPS) is 12.1. The highest BCUT2D eigenvalue weighted by Gasteiger charge is 2.18. The van der Waals surface area contributed by atoms with Crippen LogP contribution >= 0.6 is 11.6 Å². The van der Waals surface area contributed by atoms with Gasteiger partial charge >= 0.3 is 5.69 Å². The molecule has 2 aromatic heterocycles. The van der Waals surface area contributed by atoms with E-state index >= 15 is 0 Å². The maximum atomic E-state index is 12.9. The van der Waals surface area contributed by atoms with E-state index in [1.165, 1.54) is 17.9 Å². The predicted octanol–water partition coefficient (Wildman–Crippen LogP) is 2.38. The first-order valence-electron chi connectivity index (χ1n) is 10.1. The van der Waals surface area contributed by atoms with Gasteiger partial charge in [0, 0.05) is 32.1 Å². The first kappa shape index (κ1) is 21.6. The molecule has 0 aliphatic rings. The summed E-state index contributed by atoms with van der Waals surface area (Å²) in [5.41, 5.74) is 1.55. The van der Waals surface area contributed by atoms with Gasteiger partial charge in [-0.3, -0.25) is 18.7 Å². The van der Waals surface area contributed by atoms with Crippen molar-refractivity contribution in [3.63, 3.8) is 0 Å². The highest BCUT2D eigenvalue weighted by molar-refractivity contribution is 6.30. The van der Waals surface area contributed by atoms with Gasteiger partial charge in [-0.15, -0.1) is 0 Å². The molecule has 2 aromatic carbocycles. The highest BCUT2D eigenvalue weighted by Crippen LogP contribution is 2.23. The molecule has 0 bridgehead atoms. The second kappa shape index (κ2) is 8.84. The predicted molar refractivity (Wildman–Crippen MR) is 123 cm³/mol. The lowest BCUT2D eigenvalue weighted by atomic mass is 9.98. The third-order valence-corrected chi connectivity index (χ3v) is 5.69. The van der Waals surface area contributed by atoms with Gasteiger partial charge in [-0.2, -0.15) is 0 Å². The van der Waals surface area contributed by atoms with Gasteiger partial charge < -0.3 is 9.88 Å². The number of carbonyl (C=O) groups is 1. The maximum absolute atomic E-state index is 12.9. The van der Waals surface area contributed by atoms with Crippen LogP contribution in [0.3, 0.4) is 0 Å². The zero-order chi connectivity index (χ0) is 22.8. The summed E-state index contributed by atoms with van der Waals surface area (Å²) in [5, 5.41) is 3.69. The fraction of sp³-hybridized carbons (Fsp3) is 0.217. The molecule has 0 unspecified atom stereocenters. The summed E-state index contributed by atoms with van der Waals surface area (Å²) in [6, 6.07) is 16.7. The van der Waals surface area contributed by atoms with Crippen molar-refractivity contribution in [2.45, 2.75) is 19.0 Å². The van der Waals surface area contributed by atoms with Crippen molar-refractivity contribution in [2.75, 3.05) is 0 Å². The van der Waals surface area contributed by atoms with E-state index in [1.807, 2.05) is 42.5 Å². The molecule has 1 amide bonds. The minimum atomic E-state index is -0.445. The Kier molecular flexibility index (Phi) is 5.96. The quantitative estimate of drug-likeness (QED) is 0.487. The Hall–Kier alpha value is -3.65. The molecule has 0 saturated heterocycles. The number of amides is 1. The van der Waals surface area contributed by atoms with E-state index in [4.69, 9.17) is 11.6 Å². The molecule has 2 heterocycles. The van der Waals surface area contributed by atoms with Crippen molar-refractivity contribution in [1.29, 1.82) is 0 Å². The minimum absolute atomic E-state index is 0.133. The van der Waals surface area contributed by atoms with E-state index in [2.05, 4.69) is 10.3 Å². The van der Waals surface area contributed by atoms with Crippen LogP contribution in [0.25, 0.3) is 11.2 Å². The van der Waals surface area contributed by atoms with Crippen molar-refractivity contribution in [3.8, 4) is 0 Å². The largest absolute Gasteiger partial charge is 0.345 e. The van der Waals surface area contributed by atoms with Crippen LogP contribution in [-0.2, 0) is 25.4 Å². The Morgan fingerprint density at radius 1 is 1.00 bits per heavy atom. The van der Waals surface area contributed by atoms with Crippen LogP contribution in [-0.4, -0.2) is 24.6 Å². The van der Waals surface area contributed by atoms with Gasteiger partial charge in [0.15, 0.2) is 11.2 Å². The number of aromatic nitrogens is 4. The lowest BCUT2D eigenvalue weighted by Crippen LogP contribution is -2.37. The first-order chi connectivity index (χ1) is 15.4. The van der Waals surface area contributed by atoms with E-state index < -0.39 is 11.2 Å². The summed E-state index contributed by atoms with van der Waals surface area (Å²) < 4.78 is 3.96. The minimum Gasteiger partial charge on any atom is -0.345 e. The molecule has 4 aromatic rings. The van der Waals surface area contributed by atoms with E-state index in [-0.39, 0.29) is 24.9 Å².